The Hall–Kier alpha value is -2.70. The predicted molar refractivity (Wildman–Crippen MR) is 98.3 cm³/mol. The smallest absolute Gasteiger partial charge is 0.127 e. The highest BCUT2D eigenvalue weighted by atomic mass is 32.2. The average Bonchev–Trinajstić information content (AvgIpc) is 2.62. The highest BCUT2D eigenvalue weighted by Gasteiger charge is 2.13. The molecule has 1 atom stereocenters. The fourth-order valence-electron chi connectivity index (χ4n) is 2.29. The van der Waals surface area contributed by atoms with Crippen molar-refractivity contribution in [2.75, 3.05) is 0 Å². The molecule has 0 saturated carbocycles. The zero-order valence-electron chi connectivity index (χ0n) is 13.3. The Labute approximate surface area is 146 Å². The molecule has 0 bridgehead atoms. The van der Waals surface area contributed by atoms with Gasteiger partial charge in [0.2, 0.25) is 0 Å². The van der Waals surface area contributed by atoms with E-state index in [0.29, 0.717) is 0 Å². The third-order valence-electron chi connectivity index (χ3n) is 3.53. The summed E-state index contributed by atoms with van der Waals surface area (Å²) in [4.78, 5) is 1.08. The van der Waals surface area contributed by atoms with E-state index in [0.717, 1.165) is 22.0 Å². The van der Waals surface area contributed by atoms with Crippen LogP contribution in [-0.2, 0) is 0 Å². The molecule has 0 aliphatic heterocycles. The van der Waals surface area contributed by atoms with Crippen molar-refractivity contribution in [3.8, 4) is 17.6 Å². The van der Waals surface area contributed by atoms with Gasteiger partial charge in [0.05, 0.1) is 6.07 Å². The van der Waals surface area contributed by atoms with Crippen molar-refractivity contribution in [1.29, 1.82) is 5.26 Å². The van der Waals surface area contributed by atoms with Gasteiger partial charge in [0.25, 0.3) is 0 Å². The number of nitrogens with zero attached hydrogens (tertiary/aromatic N) is 1. The largest absolute Gasteiger partial charge is 0.457 e. The van der Waals surface area contributed by atoms with Crippen molar-refractivity contribution < 1.29 is 4.74 Å². The van der Waals surface area contributed by atoms with Gasteiger partial charge in [-0.2, -0.15) is 5.26 Å². The normalized spacial score (nSPS) is 11.5. The zero-order valence-corrected chi connectivity index (χ0v) is 14.2. The molecule has 1 unspecified atom stereocenters. The van der Waals surface area contributed by atoms with Crippen LogP contribution in [0.3, 0.4) is 0 Å². The molecule has 0 heterocycles. The Kier molecular flexibility index (Phi) is 5.20. The monoisotopic (exact) mass is 331 g/mol. The van der Waals surface area contributed by atoms with Crippen LogP contribution in [0, 0.1) is 18.3 Å². The Balaban J connectivity index is 1.78. The molecule has 0 aliphatic carbocycles. The van der Waals surface area contributed by atoms with E-state index in [4.69, 9.17) is 4.74 Å². The Morgan fingerprint density at radius 2 is 1.58 bits per heavy atom. The molecule has 3 rings (SSSR count). The van der Waals surface area contributed by atoms with Gasteiger partial charge in [0, 0.05) is 4.90 Å². The van der Waals surface area contributed by atoms with Gasteiger partial charge < -0.3 is 4.74 Å². The van der Waals surface area contributed by atoms with Crippen molar-refractivity contribution in [2.45, 2.75) is 17.1 Å². The van der Waals surface area contributed by atoms with Gasteiger partial charge in [-0.3, -0.25) is 0 Å². The molecule has 3 heteroatoms. The molecule has 2 nitrogen and oxygen atoms in total. The van der Waals surface area contributed by atoms with E-state index >= 15 is 0 Å². The third-order valence-corrected chi connectivity index (χ3v) is 4.69. The summed E-state index contributed by atoms with van der Waals surface area (Å²) in [6.45, 7) is 2.06. The van der Waals surface area contributed by atoms with Gasteiger partial charge in [-0.05, 0) is 48.9 Å². The van der Waals surface area contributed by atoms with Crippen molar-refractivity contribution in [2.24, 2.45) is 0 Å². The quantitative estimate of drug-likeness (QED) is 0.526. The molecule has 0 fully saturated rings. The zero-order chi connectivity index (χ0) is 16.8. The van der Waals surface area contributed by atoms with Gasteiger partial charge in [-0.25, -0.2) is 0 Å². The van der Waals surface area contributed by atoms with Crippen LogP contribution >= 0.6 is 11.8 Å². The fourth-order valence-corrected chi connectivity index (χ4v) is 3.19. The minimum atomic E-state index is -0.271. The topological polar surface area (TPSA) is 33.0 Å². The van der Waals surface area contributed by atoms with Gasteiger partial charge in [0.1, 0.15) is 16.7 Å². The lowest BCUT2D eigenvalue weighted by atomic mass is 10.1. The number of thioether (sulfide) groups is 1. The van der Waals surface area contributed by atoms with E-state index in [9.17, 15) is 5.26 Å². The molecular formula is C21H17NOS. The lowest BCUT2D eigenvalue weighted by Gasteiger charge is -2.12. The van der Waals surface area contributed by atoms with Crippen LogP contribution in [0.15, 0.2) is 83.8 Å². The molecule has 0 radical (unpaired) electrons. The molecule has 24 heavy (non-hydrogen) atoms. The first kappa shape index (κ1) is 16.2. The second kappa shape index (κ2) is 7.72. The van der Waals surface area contributed by atoms with Gasteiger partial charge in [-0.15, -0.1) is 11.8 Å². The second-order valence-electron chi connectivity index (χ2n) is 5.43. The molecule has 0 N–H and O–H groups in total. The second-order valence-corrected chi connectivity index (χ2v) is 6.61. The van der Waals surface area contributed by atoms with Crippen LogP contribution in [0.5, 0.6) is 11.5 Å². The van der Waals surface area contributed by atoms with Crippen molar-refractivity contribution in [1.82, 2.24) is 0 Å². The van der Waals surface area contributed by atoms with Crippen molar-refractivity contribution in [3.63, 3.8) is 0 Å². The Morgan fingerprint density at radius 3 is 2.29 bits per heavy atom. The molecule has 0 amide bonds. The first-order chi connectivity index (χ1) is 11.7. The minimum absolute atomic E-state index is 0.271. The summed E-state index contributed by atoms with van der Waals surface area (Å²) >= 11 is 1.55. The van der Waals surface area contributed by atoms with E-state index in [1.807, 2.05) is 54.6 Å². The summed E-state index contributed by atoms with van der Waals surface area (Å²) in [5.41, 5.74) is 2.16. The van der Waals surface area contributed by atoms with Crippen LogP contribution in [0.1, 0.15) is 16.4 Å². The molecule has 0 spiro atoms. The molecule has 0 saturated heterocycles. The number of rotatable bonds is 5. The maximum Gasteiger partial charge on any atom is 0.127 e. The number of nitriles is 1. The number of ether oxygens (including phenoxy) is 1. The molecule has 3 aromatic rings. The van der Waals surface area contributed by atoms with Crippen LogP contribution in [0.2, 0.25) is 0 Å². The van der Waals surface area contributed by atoms with Gasteiger partial charge in [-0.1, -0.05) is 48.0 Å². The molecule has 0 aromatic heterocycles. The number of hydrogen-bond acceptors (Lipinski definition) is 3. The fraction of sp³-hybridized carbons (Fsp3) is 0.0952. The number of hydrogen-bond donors (Lipinski definition) is 0. The maximum atomic E-state index is 9.56. The third kappa shape index (κ3) is 4.18. The summed E-state index contributed by atoms with van der Waals surface area (Å²) in [6.07, 6.45) is 0. The van der Waals surface area contributed by atoms with Gasteiger partial charge >= 0.3 is 0 Å². The van der Waals surface area contributed by atoms with E-state index in [2.05, 4.69) is 37.3 Å². The summed E-state index contributed by atoms with van der Waals surface area (Å²) in [6, 6.07) is 28.0. The van der Waals surface area contributed by atoms with E-state index in [1.165, 1.54) is 5.56 Å². The van der Waals surface area contributed by atoms with E-state index in [-0.39, 0.29) is 5.25 Å². The first-order valence-electron chi connectivity index (χ1n) is 7.70. The van der Waals surface area contributed by atoms with Crippen LogP contribution in [0.25, 0.3) is 0 Å². The number of benzene rings is 3. The highest BCUT2D eigenvalue weighted by Crippen LogP contribution is 2.36. The molecular weight excluding hydrogens is 314 g/mol. The van der Waals surface area contributed by atoms with Crippen LogP contribution < -0.4 is 4.74 Å². The van der Waals surface area contributed by atoms with Crippen molar-refractivity contribution in [3.05, 3.63) is 90.0 Å². The van der Waals surface area contributed by atoms with Crippen LogP contribution in [0.4, 0.5) is 0 Å². The Morgan fingerprint density at radius 1 is 0.875 bits per heavy atom. The summed E-state index contributed by atoms with van der Waals surface area (Å²) < 4.78 is 5.86. The number of para-hydroxylation sites is 1. The minimum Gasteiger partial charge on any atom is -0.457 e. The van der Waals surface area contributed by atoms with Crippen molar-refractivity contribution >= 4 is 11.8 Å². The molecule has 0 aliphatic rings. The standard InChI is InChI=1S/C21H17NOS/c1-16-10-12-20(13-11-16)24-21(15-22)17-6-5-9-19(14-17)23-18-7-3-2-4-8-18/h2-14,21H,1H3. The summed E-state index contributed by atoms with van der Waals surface area (Å²) in [7, 11) is 0. The maximum absolute atomic E-state index is 9.56. The first-order valence-corrected chi connectivity index (χ1v) is 8.58. The van der Waals surface area contributed by atoms with Gasteiger partial charge in [0.15, 0.2) is 0 Å². The lowest BCUT2D eigenvalue weighted by molar-refractivity contribution is 0.482. The summed E-state index contributed by atoms with van der Waals surface area (Å²) in [5.74, 6) is 1.53. The molecule has 3 aromatic carbocycles. The SMILES string of the molecule is Cc1ccc(SC(C#N)c2cccc(Oc3ccccc3)c2)cc1. The Bertz CT molecular complexity index is 838. The summed E-state index contributed by atoms with van der Waals surface area (Å²) in [5, 5.41) is 9.29. The highest BCUT2D eigenvalue weighted by molar-refractivity contribution is 7.99. The van der Waals surface area contributed by atoms with E-state index in [1.54, 1.807) is 11.8 Å². The predicted octanol–water partition coefficient (Wildman–Crippen LogP) is 6.14. The van der Waals surface area contributed by atoms with E-state index < -0.39 is 0 Å². The average molecular weight is 331 g/mol. The molecule has 118 valence electrons. The number of aryl methyl sites for hydroxylation is 1. The van der Waals surface area contributed by atoms with Crippen LogP contribution in [-0.4, -0.2) is 0 Å². The lowest BCUT2D eigenvalue weighted by Crippen LogP contribution is -1.92.